The molecule has 1 heterocycles. The summed E-state index contributed by atoms with van der Waals surface area (Å²) in [5.41, 5.74) is -3.26. The molecule has 0 aliphatic carbocycles. The summed E-state index contributed by atoms with van der Waals surface area (Å²) in [4.78, 5) is 25.1. The average molecular weight is 353 g/mol. The van der Waals surface area contributed by atoms with Crippen molar-refractivity contribution in [2.45, 2.75) is 6.43 Å². The molecule has 2 aromatic rings. The highest BCUT2D eigenvalue weighted by atomic mass is 35.5. The van der Waals surface area contributed by atoms with Gasteiger partial charge in [0, 0.05) is 12.1 Å². The molecule has 0 aliphatic heterocycles. The normalized spacial score (nSPS) is 10.2. The number of halogens is 3. The summed E-state index contributed by atoms with van der Waals surface area (Å²) in [6.07, 6.45) is -3.13. The van der Waals surface area contributed by atoms with E-state index in [4.69, 9.17) is 26.9 Å². The van der Waals surface area contributed by atoms with Gasteiger partial charge in [0.05, 0.1) is 22.0 Å². The van der Waals surface area contributed by atoms with E-state index in [1.54, 1.807) is 12.1 Å². The van der Waals surface area contributed by atoms with Gasteiger partial charge in [0.2, 0.25) is 0 Å². The summed E-state index contributed by atoms with van der Waals surface area (Å²) < 4.78 is 31.9. The predicted molar refractivity (Wildman–Crippen MR) is 78.4 cm³/mol. The fourth-order valence-corrected chi connectivity index (χ4v) is 2.20. The van der Waals surface area contributed by atoms with E-state index in [-0.39, 0.29) is 22.0 Å². The molecule has 0 bridgehead atoms. The molecule has 0 aliphatic rings. The molecule has 0 fully saturated rings. The summed E-state index contributed by atoms with van der Waals surface area (Å²) >= 11 is 5.97. The van der Waals surface area contributed by atoms with Gasteiger partial charge in [-0.15, -0.1) is 0 Å². The Kier molecular flexibility index (Phi) is 4.97. The van der Waals surface area contributed by atoms with E-state index in [1.807, 2.05) is 4.98 Å². The number of aromatic nitrogens is 2. The number of ether oxygens (including phenoxy) is 1. The van der Waals surface area contributed by atoms with Crippen molar-refractivity contribution < 1.29 is 13.5 Å². The second kappa shape index (κ2) is 6.94. The summed E-state index contributed by atoms with van der Waals surface area (Å²) in [6, 6.07) is 6.21. The summed E-state index contributed by atoms with van der Waals surface area (Å²) in [5, 5.41) is 17.4. The van der Waals surface area contributed by atoms with Gasteiger partial charge in [-0.3, -0.25) is 14.3 Å². The van der Waals surface area contributed by atoms with Crippen LogP contribution in [0.5, 0.6) is 5.75 Å². The Labute approximate surface area is 137 Å². The highest BCUT2D eigenvalue weighted by molar-refractivity contribution is 6.32. The molecule has 122 valence electrons. The second-order valence-corrected chi connectivity index (χ2v) is 4.77. The lowest BCUT2D eigenvalue weighted by Gasteiger charge is -2.15. The van der Waals surface area contributed by atoms with E-state index < -0.39 is 30.0 Å². The number of benzene rings is 1. The summed E-state index contributed by atoms with van der Waals surface area (Å²) in [6.45, 7) is -0.405. The van der Waals surface area contributed by atoms with Crippen molar-refractivity contribution in [1.82, 2.24) is 9.55 Å². The van der Waals surface area contributed by atoms with Crippen LogP contribution in [0, 0.1) is 22.7 Å². The zero-order valence-corrected chi connectivity index (χ0v) is 12.5. The smallest absolute Gasteiger partial charge is 0.333 e. The number of hydrogen-bond donors (Lipinski definition) is 1. The van der Waals surface area contributed by atoms with Crippen LogP contribution in [-0.4, -0.2) is 16.2 Å². The molecule has 10 heteroatoms. The Morgan fingerprint density at radius 2 is 2.00 bits per heavy atom. The lowest BCUT2D eigenvalue weighted by Crippen LogP contribution is -2.31. The van der Waals surface area contributed by atoms with Crippen LogP contribution >= 0.6 is 11.6 Å². The molecule has 0 radical (unpaired) electrons. The molecule has 0 saturated heterocycles. The lowest BCUT2D eigenvalue weighted by atomic mass is 10.2. The maximum atomic E-state index is 13.2. The minimum Gasteiger partial charge on any atom is -0.477 e. The minimum absolute atomic E-state index is 0.0462. The lowest BCUT2D eigenvalue weighted by molar-refractivity contribution is 0.142. The van der Waals surface area contributed by atoms with Crippen LogP contribution in [0.3, 0.4) is 0 Å². The quantitative estimate of drug-likeness (QED) is 0.903. The van der Waals surface area contributed by atoms with Crippen molar-refractivity contribution in [3.05, 3.63) is 55.3 Å². The van der Waals surface area contributed by atoms with Gasteiger partial charge in [-0.2, -0.15) is 10.5 Å². The third-order valence-electron chi connectivity index (χ3n) is 2.90. The van der Waals surface area contributed by atoms with E-state index in [0.717, 1.165) is 12.1 Å². The molecule has 0 unspecified atom stereocenters. The Balaban J connectivity index is 2.79. The fraction of sp³-hybridized carbons (Fsp3) is 0.143. The molecule has 7 nitrogen and oxygen atoms in total. The van der Waals surface area contributed by atoms with E-state index >= 15 is 0 Å². The molecule has 2 rings (SSSR count). The molecule has 0 saturated carbocycles. The predicted octanol–water partition coefficient (Wildman–Crippen LogP) is 1.89. The van der Waals surface area contributed by atoms with Crippen LogP contribution in [0.4, 0.5) is 8.78 Å². The van der Waals surface area contributed by atoms with Crippen LogP contribution in [0.25, 0.3) is 5.69 Å². The van der Waals surface area contributed by atoms with Gasteiger partial charge < -0.3 is 4.74 Å². The number of hydrogen-bond acceptors (Lipinski definition) is 5. The summed E-state index contributed by atoms with van der Waals surface area (Å²) in [7, 11) is 0. The van der Waals surface area contributed by atoms with Crippen molar-refractivity contribution in [2.24, 2.45) is 0 Å². The number of nitriles is 2. The minimum atomic E-state index is -3.13. The largest absolute Gasteiger partial charge is 0.477 e. The van der Waals surface area contributed by atoms with Crippen molar-refractivity contribution in [1.29, 1.82) is 10.5 Å². The fourth-order valence-electron chi connectivity index (χ4n) is 1.95. The number of nitrogens with one attached hydrogen (secondary N) is 1. The zero-order valence-electron chi connectivity index (χ0n) is 11.7. The molecule has 0 spiro atoms. The monoisotopic (exact) mass is 352 g/mol. The van der Waals surface area contributed by atoms with Gasteiger partial charge in [-0.25, -0.2) is 13.6 Å². The topological polar surface area (TPSA) is 112 Å². The Bertz CT molecular complexity index is 985. The van der Waals surface area contributed by atoms with Gasteiger partial charge in [0.25, 0.3) is 12.0 Å². The molecular weight excluding hydrogens is 346 g/mol. The van der Waals surface area contributed by atoms with Crippen molar-refractivity contribution >= 4 is 11.6 Å². The number of alkyl halides is 2. The Morgan fingerprint density at radius 3 is 2.58 bits per heavy atom. The molecule has 1 N–H and O–H groups in total. The van der Waals surface area contributed by atoms with Crippen LogP contribution < -0.4 is 16.0 Å². The number of aromatic amines is 1. The first-order chi connectivity index (χ1) is 11.4. The van der Waals surface area contributed by atoms with E-state index in [2.05, 4.69) is 0 Å². The average Bonchev–Trinajstić information content (AvgIpc) is 2.53. The number of rotatable bonds is 4. The maximum absolute atomic E-state index is 13.2. The van der Waals surface area contributed by atoms with Gasteiger partial charge in [-0.1, -0.05) is 11.6 Å². The van der Waals surface area contributed by atoms with E-state index in [0.29, 0.717) is 10.6 Å². The van der Waals surface area contributed by atoms with Crippen LogP contribution in [0.1, 0.15) is 17.7 Å². The highest BCUT2D eigenvalue weighted by Gasteiger charge is 2.20. The first-order valence-electron chi connectivity index (χ1n) is 6.27. The van der Waals surface area contributed by atoms with Crippen LogP contribution in [0.2, 0.25) is 5.02 Å². The van der Waals surface area contributed by atoms with Crippen molar-refractivity contribution in [3.63, 3.8) is 0 Å². The van der Waals surface area contributed by atoms with E-state index in [9.17, 15) is 18.4 Å². The van der Waals surface area contributed by atoms with Crippen molar-refractivity contribution in [3.8, 4) is 23.6 Å². The summed E-state index contributed by atoms with van der Waals surface area (Å²) in [5.74, 6) is -0.114. The number of nitrogens with zero attached hydrogens (tertiary/aromatic N) is 3. The van der Waals surface area contributed by atoms with Gasteiger partial charge in [-0.05, 0) is 6.07 Å². The molecule has 24 heavy (non-hydrogen) atoms. The van der Waals surface area contributed by atoms with Crippen LogP contribution in [0.15, 0.2) is 27.8 Å². The Morgan fingerprint density at radius 1 is 1.29 bits per heavy atom. The second-order valence-electron chi connectivity index (χ2n) is 4.36. The maximum Gasteiger partial charge on any atom is 0.333 e. The first kappa shape index (κ1) is 17.2. The van der Waals surface area contributed by atoms with Crippen LogP contribution in [-0.2, 0) is 0 Å². The van der Waals surface area contributed by atoms with Gasteiger partial charge in [0.15, 0.2) is 6.61 Å². The van der Waals surface area contributed by atoms with Crippen molar-refractivity contribution in [2.75, 3.05) is 6.61 Å². The Hall–Kier alpha value is -3.17. The van der Waals surface area contributed by atoms with Gasteiger partial charge >= 0.3 is 5.69 Å². The SMILES string of the molecule is N#CCOc1cc(-n2c(C(F)F)cc(=O)[nH]c2=O)c(Cl)cc1C#N. The number of H-pyrrole nitrogens is 1. The first-order valence-corrected chi connectivity index (χ1v) is 6.65. The van der Waals surface area contributed by atoms with Gasteiger partial charge in [0.1, 0.15) is 17.9 Å². The molecule has 1 aromatic heterocycles. The van der Waals surface area contributed by atoms with E-state index in [1.165, 1.54) is 0 Å². The third kappa shape index (κ3) is 3.26. The molecular formula is C14H7ClF2N4O3. The molecule has 0 atom stereocenters. The molecule has 1 aromatic carbocycles. The standard InChI is InChI=1S/C14H7ClF2N4O3/c15-8-3-7(6-19)11(24-2-1-18)4-9(8)21-10(13(16)17)5-12(22)20-14(21)23/h3-5,13H,2H2,(H,20,22,23). The highest BCUT2D eigenvalue weighted by Crippen LogP contribution is 2.31. The third-order valence-corrected chi connectivity index (χ3v) is 3.20. The molecule has 0 amide bonds. The zero-order chi connectivity index (χ0) is 17.9.